The third-order valence-electron chi connectivity index (χ3n) is 8.09. The Bertz CT molecular complexity index is 1160. The minimum Gasteiger partial charge on any atom is -0.507 e. The molecule has 2 rings (SSSR count). The van der Waals surface area contributed by atoms with Gasteiger partial charge < -0.3 is 29.9 Å². The lowest BCUT2D eigenvalue weighted by Gasteiger charge is -2.31. The molecule has 0 amide bonds. The lowest BCUT2D eigenvalue weighted by molar-refractivity contribution is -0.150. The lowest BCUT2D eigenvalue weighted by Crippen LogP contribution is -2.37. The number of carboxylic acids is 2. The molecule has 0 spiro atoms. The maximum absolute atomic E-state index is 12.9. The molecular formula is C35H52O8. The van der Waals surface area contributed by atoms with Crippen LogP contribution in [0.2, 0.25) is 0 Å². The number of carboxylic acid groups (broad SMARTS) is 2. The number of benzene rings is 2. The molecule has 43 heavy (non-hydrogen) atoms. The molecule has 8 heteroatoms. The summed E-state index contributed by atoms with van der Waals surface area (Å²) in [5.74, 6) is -4.59. The second kappa shape index (κ2) is 15.1. The molecular weight excluding hydrogens is 548 g/mol. The minimum atomic E-state index is -1.08. The van der Waals surface area contributed by atoms with Crippen LogP contribution >= 0.6 is 0 Å². The molecule has 0 aliphatic heterocycles. The predicted molar refractivity (Wildman–Crippen MR) is 168 cm³/mol. The number of carbonyl (C=O) groups is 2. The molecule has 2 aromatic rings. The minimum absolute atomic E-state index is 0.106. The normalized spacial score (nSPS) is 14.3. The van der Waals surface area contributed by atoms with E-state index >= 15 is 0 Å². The van der Waals surface area contributed by atoms with Crippen LogP contribution in [0.5, 0.6) is 11.5 Å². The van der Waals surface area contributed by atoms with Crippen LogP contribution in [0.1, 0.15) is 88.3 Å². The topological polar surface area (TPSA) is 134 Å². The molecule has 2 unspecified atom stereocenters. The molecule has 0 radical (unpaired) electrons. The number of aromatic hydroxyl groups is 2. The standard InChI is InChI=1S/C35H52O8/c1-10-42-13-14-43-12-11-25(26(32(38)39)17-23-15-21(2)30(36)28(19-23)34(4,5)6)27(33(40)41)18-24-16-22(3)31(37)29(20-24)35(7,8)9/h15-16,19-20,25-27,36-37H,10-14,17-18H2,1-9H3,(H,38,39)(H,40,41). The summed E-state index contributed by atoms with van der Waals surface area (Å²) in [6, 6.07) is 7.24. The largest absolute Gasteiger partial charge is 0.507 e. The van der Waals surface area contributed by atoms with Crippen LogP contribution in [0.3, 0.4) is 0 Å². The first-order chi connectivity index (χ1) is 19.9. The SMILES string of the molecule is CCOCCOCCC(C(Cc1cc(C)c(O)c(C(C)(C)C)c1)C(=O)O)C(Cc1cc(C)c(O)c(C(C)(C)C)c1)C(=O)O. The Kier molecular flexibility index (Phi) is 12.6. The van der Waals surface area contributed by atoms with Gasteiger partial charge in [-0.15, -0.1) is 0 Å². The van der Waals surface area contributed by atoms with Crippen molar-refractivity contribution < 1.29 is 39.5 Å². The van der Waals surface area contributed by atoms with Gasteiger partial charge in [-0.2, -0.15) is 0 Å². The number of aliphatic carboxylic acids is 2. The van der Waals surface area contributed by atoms with Crippen molar-refractivity contribution in [2.24, 2.45) is 17.8 Å². The van der Waals surface area contributed by atoms with E-state index in [1.165, 1.54) is 0 Å². The molecule has 0 heterocycles. The summed E-state index contributed by atoms with van der Waals surface area (Å²) >= 11 is 0. The Morgan fingerprint density at radius 1 is 0.698 bits per heavy atom. The fourth-order valence-corrected chi connectivity index (χ4v) is 5.71. The van der Waals surface area contributed by atoms with Gasteiger partial charge in [-0.25, -0.2) is 0 Å². The van der Waals surface area contributed by atoms with Gasteiger partial charge in [0, 0.05) is 13.2 Å². The maximum atomic E-state index is 12.9. The Labute approximate surface area is 257 Å². The molecule has 2 atom stereocenters. The Morgan fingerprint density at radius 3 is 1.44 bits per heavy atom. The fraction of sp³-hybridized carbons (Fsp3) is 0.600. The average molecular weight is 601 g/mol. The summed E-state index contributed by atoms with van der Waals surface area (Å²) in [5, 5.41) is 42.5. The van der Waals surface area contributed by atoms with Crippen LogP contribution in [0.25, 0.3) is 0 Å². The molecule has 0 aliphatic carbocycles. The van der Waals surface area contributed by atoms with Crippen molar-refractivity contribution in [3.8, 4) is 11.5 Å². The molecule has 0 saturated heterocycles. The Balaban J connectivity index is 2.56. The van der Waals surface area contributed by atoms with E-state index in [4.69, 9.17) is 9.47 Å². The molecule has 0 aromatic heterocycles. The first-order valence-corrected chi connectivity index (χ1v) is 15.1. The summed E-state index contributed by atoms with van der Waals surface area (Å²) in [6.45, 7) is 18.8. The van der Waals surface area contributed by atoms with Crippen molar-refractivity contribution >= 4 is 11.9 Å². The van der Waals surface area contributed by atoms with Crippen molar-refractivity contribution in [2.75, 3.05) is 26.4 Å². The van der Waals surface area contributed by atoms with Gasteiger partial charge in [0.15, 0.2) is 0 Å². The zero-order chi connectivity index (χ0) is 32.7. The van der Waals surface area contributed by atoms with E-state index in [2.05, 4.69) is 0 Å². The van der Waals surface area contributed by atoms with Crippen molar-refractivity contribution in [1.29, 1.82) is 0 Å². The highest BCUT2D eigenvalue weighted by molar-refractivity contribution is 5.75. The van der Waals surface area contributed by atoms with E-state index in [1.54, 1.807) is 26.0 Å². The summed E-state index contributed by atoms with van der Waals surface area (Å²) < 4.78 is 11.1. The molecule has 4 N–H and O–H groups in total. The zero-order valence-corrected chi connectivity index (χ0v) is 27.4. The quantitative estimate of drug-likeness (QED) is 0.169. The third-order valence-corrected chi connectivity index (χ3v) is 8.09. The monoisotopic (exact) mass is 600 g/mol. The maximum Gasteiger partial charge on any atom is 0.307 e. The number of rotatable bonds is 15. The highest BCUT2D eigenvalue weighted by atomic mass is 16.5. The number of phenols is 2. The predicted octanol–water partition coefficient (Wildman–Crippen LogP) is 6.56. The van der Waals surface area contributed by atoms with Gasteiger partial charge in [-0.05, 0) is 90.2 Å². The second-order valence-electron chi connectivity index (χ2n) is 13.7. The van der Waals surface area contributed by atoms with Crippen LogP contribution in [0, 0.1) is 31.6 Å². The number of hydrogen-bond donors (Lipinski definition) is 4. The average Bonchev–Trinajstić information content (AvgIpc) is 2.88. The Hall–Kier alpha value is -3.10. The van der Waals surface area contributed by atoms with Gasteiger partial charge in [0.05, 0.1) is 25.0 Å². The number of hydrogen-bond acceptors (Lipinski definition) is 6. The first-order valence-electron chi connectivity index (χ1n) is 15.1. The van der Waals surface area contributed by atoms with Gasteiger partial charge in [0.25, 0.3) is 0 Å². The number of ether oxygens (including phenoxy) is 2. The van der Waals surface area contributed by atoms with Crippen molar-refractivity contribution in [3.05, 3.63) is 57.6 Å². The summed E-state index contributed by atoms with van der Waals surface area (Å²) in [6.07, 6.45) is 0.440. The molecule has 0 saturated carbocycles. The van der Waals surface area contributed by atoms with E-state index in [0.717, 1.165) is 11.1 Å². The molecule has 2 aromatic carbocycles. The first kappa shape index (κ1) is 36.1. The highest BCUT2D eigenvalue weighted by Crippen LogP contribution is 2.39. The molecule has 0 fully saturated rings. The van der Waals surface area contributed by atoms with Gasteiger partial charge >= 0.3 is 11.9 Å². The summed E-state index contributed by atoms with van der Waals surface area (Å²) in [7, 11) is 0. The molecule has 0 bridgehead atoms. The molecule has 0 aliphatic rings. The Morgan fingerprint density at radius 2 is 1.09 bits per heavy atom. The van der Waals surface area contributed by atoms with Gasteiger partial charge in [-0.3, -0.25) is 9.59 Å². The van der Waals surface area contributed by atoms with Crippen LogP contribution in [-0.4, -0.2) is 58.8 Å². The van der Waals surface area contributed by atoms with E-state index < -0.39 is 29.7 Å². The van der Waals surface area contributed by atoms with Crippen molar-refractivity contribution in [2.45, 2.75) is 92.4 Å². The number of phenolic OH excluding ortho intramolecular Hbond substituents is 2. The van der Waals surface area contributed by atoms with Gasteiger partial charge in [0.1, 0.15) is 11.5 Å². The lowest BCUT2D eigenvalue weighted by atomic mass is 9.73. The highest BCUT2D eigenvalue weighted by Gasteiger charge is 2.39. The van der Waals surface area contributed by atoms with E-state index in [-0.39, 0.29) is 48.2 Å². The summed E-state index contributed by atoms with van der Waals surface area (Å²) in [5.41, 5.74) is 3.44. The fourth-order valence-electron chi connectivity index (χ4n) is 5.71. The van der Waals surface area contributed by atoms with Crippen molar-refractivity contribution in [3.63, 3.8) is 0 Å². The number of aryl methyl sites for hydroxylation is 2. The zero-order valence-electron chi connectivity index (χ0n) is 27.4. The van der Waals surface area contributed by atoms with Crippen molar-refractivity contribution in [1.82, 2.24) is 0 Å². The van der Waals surface area contributed by atoms with E-state index in [0.29, 0.717) is 42.1 Å². The van der Waals surface area contributed by atoms with E-state index in [9.17, 15) is 30.0 Å². The second-order valence-corrected chi connectivity index (χ2v) is 13.7. The van der Waals surface area contributed by atoms with Crippen LogP contribution in [-0.2, 0) is 42.7 Å². The smallest absolute Gasteiger partial charge is 0.307 e. The van der Waals surface area contributed by atoms with Crippen LogP contribution < -0.4 is 0 Å². The van der Waals surface area contributed by atoms with Crippen LogP contribution in [0.4, 0.5) is 0 Å². The molecule has 8 nitrogen and oxygen atoms in total. The van der Waals surface area contributed by atoms with Gasteiger partial charge in [0.2, 0.25) is 0 Å². The third kappa shape index (κ3) is 9.97. The van der Waals surface area contributed by atoms with E-state index in [1.807, 2.05) is 60.6 Å². The molecule has 240 valence electrons. The van der Waals surface area contributed by atoms with Gasteiger partial charge in [-0.1, -0.05) is 65.8 Å². The van der Waals surface area contributed by atoms with Crippen LogP contribution in [0.15, 0.2) is 24.3 Å². The summed E-state index contributed by atoms with van der Waals surface area (Å²) in [4.78, 5) is 25.8.